The molecule has 3 aromatic rings. The highest BCUT2D eigenvalue weighted by molar-refractivity contribution is 7.89. The first-order valence-electron chi connectivity index (χ1n) is 9.61. The molecule has 1 saturated heterocycles. The molecule has 1 aliphatic rings. The number of hydrogen-bond donors (Lipinski definition) is 0. The number of aromatic nitrogens is 2. The Kier molecular flexibility index (Phi) is 5.82. The lowest BCUT2D eigenvalue weighted by atomic mass is 10.2. The molecule has 0 saturated carbocycles. The zero-order valence-corrected chi connectivity index (χ0v) is 18.9. The Bertz CT molecular complexity index is 1230. The maximum Gasteiger partial charge on any atom is 0.246 e. The molecule has 0 bridgehead atoms. The summed E-state index contributed by atoms with van der Waals surface area (Å²) in [5.74, 6) is 0.727. The number of fused-ring (bicyclic) bond motifs is 1. The van der Waals surface area contributed by atoms with E-state index in [2.05, 4.69) is 8.75 Å². The molecule has 0 spiro atoms. The molecule has 0 N–H and O–H groups in total. The van der Waals surface area contributed by atoms with E-state index >= 15 is 0 Å². The topological polar surface area (TPSA) is 102 Å². The van der Waals surface area contributed by atoms with Gasteiger partial charge in [-0.3, -0.25) is 4.79 Å². The largest absolute Gasteiger partial charge is 0.497 e. The second-order valence-electron chi connectivity index (χ2n) is 7.10. The van der Waals surface area contributed by atoms with Crippen LogP contribution in [0.2, 0.25) is 0 Å². The van der Waals surface area contributed by atoms with Gasteiger partial charge < -0.3 is 14.4 Å². The zero-order valence-electron chi connectivity index (χ0n) is 17.3. The van der Waals surface area contributed by atoms with Gasteiger partial charge in [0, 0.05) is 19.7 Å². The molecule has 0 unspecified atom stereocenters. The van der Waals surface area contributed by atoms with E-state index in [0.717, 1.165) is 11.7 Å². The Morgan fingerprint density at radius 2 is 2.00 bits per heavy atom. The van der Waals surface area contributed by atoms with Crippen LogP contribution in [0, 0.1) is 0 Å². The molecule has 164 valence electrons. The second kappa shape index (κ2) is 8.40. The number of methoxy groups -OCH3 is 2. The lowest BCUT2D eigenvalue weighted by Gasteiger charge is -2.28. The highest BCUT2D eigenvalue weighted by Crippen LogP contribution is 2.35. The van der Waals surface area contributed by atoms with Gasteiger partial charge in [-0.15, -0.1) is 0 Å². The van der Waals surface area contributed by atoms with Crippen LogP contribution in [-0.4, -0.2) is 61.2 Å². The number of carbonyl (C=O) groups excluding carboxylic acids is 1. The van der Waals surface area contributed by atoms with Crippen molar-refractivity contribution in [3.8, 4) is 11.5 Å². The minimum Gasteiger partial charge on any atom is -0.497 e. The van der Waals surface area contributed by atoms with Crippen LogP contribution in [0.4, 0.5) is 5.69 Å². The number of sulfonamides is 1. The van der Waals surface area contributed by atoms with Crippen LogP contribution < -0.4 is 14.4 Å². The Balaban J connectivity index is 1.67. The van der Waals surface area contributed by atoms with Crippen LogP contribution in [0.25, 0.3) is 11.0 Å². The summed E-state index contributed by atoms with van der Waals surface area (Å²) >= 11 is 0.960. The van der Waals surface area contributed by atoms with E-state index in [9.17, 15) is 13.2 Å². The first-order chi connectivity index (χ1) is 14.9. The molecule has 9 nitrogen and oxygen atoms in total. The summed E-state index contributed by atoms with van der Waals surface area (Å²) in [5.41, 5.74) is 1.38. The Morgan fingerprint density at radius 1 is 1.19 bits per heavy atom. The predicted molar refractivity (Wildman–Crippen MR) is 117 cm³/mol. The molecule has 11 heteroatoms. The second-order valence-corrected chi connectivity index (χ2v) is 9.48. The normalized spacial score (nSPS) is 17.1. The van der Waals surface area contributed by atoms with Crippen molar-refractivity contribution >= 4 is 44.4 Å². The molecule has 1 aromatic heterocycles. The van der Waals surface area contributed by atoms with Gasteiger partial charge in [0.05, 0.1) is 31.6 Å². The minimum absolute atomic E-state index is 0.0723. The Labute approximate surface area is 184 Å². The summed E-state index contributed by atoms with van der Waals surface area (Å²) in [5, 5.41) is 0. The van der Waals surface area contributed by atoms with E-state index < -0.39 is 16.1 Å². The summed E-state index contributed by atoms with van der Waals surface area (Å²) in [6.07, 6.45) is 1.03. The molecule has 2 heterocycles. The number of likely N-dealkylation sites (N-methyl/N-ethyl adjacent to an activating group) is 1. The van der Waals surface area contributed by atoms with Gasteiger partial charge in [-0.25, -0.2) is 8.42 Å². The number of amides is 1. The first-order valence-corrected chi connectivity index (χ1v) is 11.8. The van der Waals surface area contributed by atoms with Gasteiger partial charge >= 0.3 is 0 Å². The average Bonchev–Trinajstić information content (AvgIpc) is 3.47. The van der Waals surface area contributed by atoms with Crippen LogP contribution in [-0.2, 0) is 14.8 Å². The summed E-state index contributed by atoms with van der Waals surface area (Å²) in [4.78, 5) is 14.9. The third kappa shape index (κ3) is 3.73. The molecule has 2 aromatic carbocycles. The van der Waals surface area contributed by atoms with Crippen LogP contribution in [0.5, 0.6) is 11.5 Å². The fourth-order valence-electron chi connectivity index (χ4n) is 3.79. The first kappa shape index (κ1) is 21.5. The van der Waals surface area contributed by atoms with Crippen molar-refractivity contribution in [2.75, 3.05) is 32.7 Å². The van der Waals surface area contributed by atoms with Gasteiger partial charge in [-0.1, -0.05) is 6.07 Å². The zero-order chi connectivity index (χ0) is 22.2. The Hall–Kier alpha value is -2.76. The fraction of sp³-hybridized carbons (Fsp3) is 0.350. The molecule has 1 aliphatic heterocycles. The number of hydrogen-bond acceptors (Lipinski definition) is 8. The van der Waals surface area contributed by atoms with Crippen LogP contribution in [0.15, 0.2) is 41.3 Å². The van der Waals surface area contributed by atoms with E-state index in [4.69, 9.17) is 9.47 Å². The summed E-state index contributed by atoms with van der Waals surface area (Å²) in [6, 6.07) is 9.16. The quantitative estimate of drug-likeness (QED) is 0.555. The van der Waals surface area contributed by atoms with Crippen LogP contribution in [0.3, 0.4) is 0 Å². The van der Waals surface area contributed by atoms with Crippen LogP contribution >= 0.6 is 11.7 Å². The number of benzene rings is 2. The Morgan fingerprint density at radius 3 is 2.74 bits per heavy atom. The molecule has 0 radical (unpaired) electrons. The van der Waals surface area contributed by atoms with Crippen molar-refractivity contribution in [2.24, 2.45) is 0 Å². The monoisotopic (exact) mass is 462 g/mol. The number of anilines is 1. The van der Waals surface area contributed by atoms with Gasteiger partial charge in [-0.2, -0.15) is 13.1 Å². The maximum absolute atomic E-state index is 13.5. The van der Waals surface area contributed by atoms with E-state index in [1.807, 2.05) is 0 Å². The van der Waals surface area contributed by atoms with Crippen molar-refractivity contribution in [1.82, 2.24) is 13.1 Å². The van der Waals surface area contributed by atoms with E-state index in [0.29, 0.717) is 41.1 Å². The SMILES string of the molecule is COc1ccc(N(C)C(=O)[C@@H]2CCCN2S(=O)(=O)c2cccc3nsnc23)c(OC)c1. The highest BCUT2D eigenvalue weighted by atomic mass is 32.2. The minimum atomic E-state index is -3.93. The molecule has 0 aliphatic carbocycles. The van der Waals surface area contributed by atoms with Gasteiger partial charge in [0.25, 0.3) is 0 Å². The predicted octanol–water partition coefficient (Wildman–Crippen LogP) is 2.52. The average molecular weight is 463 g/mol. The van der Waals surface area contributed by atoms with Crippen LogP contribution in [0.1, 0.15) is 12.8 Å². The summed E-state index contributed by atoms with van der Waals surface area (Å²) in [6.45, 7) is 0.264. The summed E-state index contributed by atoms with van der Waals surface area (Å²) in [7, 11) is 0.729. The molecular weight excluding hydrogens is 440 g/mol. The summed E-state index contributed by atoms with van der Waals surface area (Å²) < 4.78 is 47.1. The number of nitrogens with zero attached hydrogens (tertiary/aromatic N) is 4. The number of ether oxygens (including phenoxy) is 2. The number of rotatable bonds is 6. The van der Waals surface area contributed by atoms with Crippen molar-refractivity contribution in [2.45, 2.75) is 23.8 Å². The lowest BCUT2D eigenvalue weighted by molar-refractivity contribution is -0.121. The third-order valence-electron chi connectivity index (χ3n) is 5.40. The van der Waals surface area contributed by atoms with Crippen molar-refractivity contribution < 1.29 is 22.7 Å². The highest BCUT2D eigenvalue weighted by Gasteiger charge is 2.42. The molecule has 1 amide bonds. The van der Waals surface area contributed by atoms with Crippen molar-refractivity contribution in [3.05, 3.63) is 36.4 Å². The van der Waals surface area contributed by atoms with Crippen molar-refractivity contribution in [3.63, 3.8) is 0 Å². The molecule has 1 atom stereocenters. The van der Waals surface area contributed by atoms with Crippen molar-refractivity contribution in [1.29, 1.82) is 0 Å². The smallest absolute Gasteiger partial charge is 0.246 e. The van der Waals surface area contributed by atoms with E-state index in [1.165, 1.54) is 22.4 Å². The standard InChI is InChI=1S/C20H22N4O5S2/c1-23(15-10-9-13(28-2)12-17(15)29-3)20(25)16-7-5-11-24(16)31(26,27)18-8-4-6-14-19(18)22-30-21-14/h4,6,8-10,12,16H,5,7,11H2,1-3H3/t16-/m0/s1. The fourth-order valence-corrected chi connectivity index (χ4v) is 6.20. The molecular formula is C20H22N4O5S2. The van der Waals surface area contributed by atoms with Gasteiger partial charge in [-0.05, 0) is 37.1 Å². The van der Waals surface area contributed by atoms with E-state index in [-0.39, 0.29) is 17.3 Å². The lowest BCUT2D eigenvalue weighted by Crippen LogP contribution is -2.46. The third-order valence-corrected chi connectivity index (χ3v) is 7.89. The van der Waals surface area contributed by atoms with Gasteiger partial charge in [0.15, 0.2) is 0 Å². The van der Waals surface area contributed by atoms with E-state index in [1.54, 1.807) is 44.5 Å². The van der Waals surface area contributed by atoms with Gasteiger partial charge in [0.2, 0.25) is 15.9 Å². The molecule has 4 rings (SSSR count). The maximum atomic E-state index is 13.5. The van der Waals surface area contributed by atoms with Gasteiger partial charge in [0.1, 0.15) is 33.5 Å². The number of carbonyl (C=O) groups is 1. The molecule has 1 fully saturated rings. The molecule has 31 heavy (non-hydrogen) atoms.